The lowest BCUT2D eigenvalue weighted by atomic mass is 10.3. The Kier molecular flexibility index (Phi) is 3.63. The van der Waals surface area contributed by atoms with Gasteiger partial charge in [0, 0.05) is 4.88 Å². The number of hydrogen-bond donors (Lipinski definition) is 1. The van der Waals surface area contributed by atoms with Crippen molar-refractivity contribution in [2.75, 3.05) is 5.32 Å². The molecule has 16 heavy (non-hydrogen) atoms. The molecular weight excluding hydrogens is 265 g/mol. The van der Waals surface area contributed by atoms with Gasteiger partial charge in [-0.15, -0.1) is 21.5 Å². The summed E-state index contributed by atoms with van der Waals surface area (Å²) in [7, 11) is 0. The summed E-state index contributed by atoms with van der Waals surface area (Å²) in [5.41, 5.74) is 0. The number of rotatable bonds is 3. The van der Waals surface area contributed by atoms with Crippen LogP contribution in [-0.2, 0) is 0 Å². The van der Waals surface area contributed by atoms with E-state index in [4.69, 9.17) is 23.2 Å². The minimum absolute atomic E-state index is 0.146. The SMILES string of the molecule is CC(Nc1ccc(Cl)nn1)c1ccc(Cl)s1. The van der Waals surface area contributed by atoms with Gasteiger partial charge in [0.15, 0.2) is 5.15 Å². The molecule has 0 aliphatic carbocycles. The van der Waals surface area contributed by atoms with Crippen molar-refractivity contribution in [1.29, 1.82) is 0 Å². The first-order valence-electron chi connectivity index (χ1n) is 4.66. The zero-order valence-electron chi connectivity index (χ0n) is 8.45. The maximum absolute atomic E-state index is 5.87. The molecule has 0 saturated carbocycles. The molecule has 6 heteroatoms. The fraction of sp³-hybridized carbons (Fsp3) is 0.200. The number of nitrogens with one attached hydrogen (secondary N) is 1. The fourth-order valence-corrected chi connectivity index (χ4v) is 2.41. The summed E-state index contributed by atoms with van der Waals surface area (Å²) in [5, 5.41) is 11.3. The first kappa shape index (κ1) is 11.6. The molecule has 0 amide bonds. The number of thiophene rings is 1. The van der Waals surface area contributed by atoms with Gasteiger partial charge in [0.1, 0.15) is 5.82 Å². The van der Waals surface area contributed by atoms with Crippen LogP contribution in [0.2, 0.25) is 9.49 Å². The lowest BCUT2D eigenvalue weighted by Gasteiger charge is -2.11. The highest BCUT2D eigenvalue weighted by Crippen LogP contribution is 2.28. The maximum Gasteiger partial charge on any atom is 0.151 e. The van der Waals surface area contributed by atoms with E-state index in [2.05, 4.69) is 15.5 Å². The molecule has 2 rings (SSSR count). The van der Waals surface area contributed by atoms with Gasteiger partial charge in [0.2, 0.25) is 0 Å². The van der Waals surface area contributed by atoms with Gasteiger partial charge in [-0.05, 0) is 31.2 Å². The van der Waals surface area contributed by atoms with Crippen LogP contribution < -0.4 is 5.32 Å². The molecule has 0 radical (unpaired) electrons. The molecule has 2 aromatic rings. The number of halogens is 2. The molecule has 2 heterocycles. The van der Waals surface area contributed by atoms with E-state index in [-0.39, 0.29) is 6.04 Å². The summed E-state index contributed by atoms with van der Waals surface area (Å²) < 4.78 is 0.783. The second-order valence-electron chi connectivity index (χ2n) is 3.25. The molecule has 0 spiro atoms. The third-order valence-corrected chi connectivity index (χ3v) is 3.63. The minimum Gasteiger partial charge on any atom is -0.361 e. The van der Waals surface area contributed by atoms with Crippen LogP contribution in [0.3, 0.4) is 0 Å². The average Bonchev–Trinajstić information content (AvgIpc) is 2.68. The van der Waals surface area contributed by atoms with Crippen LogP contribution in [0.25, 0.3) is 0 Å². The monoisotopic (exact) mass is 273 g/mol. The van der Waals surface area contributed by atoms with E-state index in [9.17, 15) is 0 Å². The highest BCUT2D eigenvalue weighted by Gasteiger charge is 2.08. The van der Waals surface area contributed by atoms with Crippen molar-refractivity contribution in [1.82, 2.24) is 10.2 Å². The van der Waals surface area contributed by atoms with Crippen molar-refractivity contribution >= 4 is 40.4 Å². The molecule has 1 unspecified atom stereocenters. The van der Waals surface area contributed by atoms with Crippen LogP contribution in [0.15, 0.2) is 24.3 Å². The lowest BCUT2D eigenvalue weighted by Crippen LogP contribution is -2.06. The number of aromatic nitrogens is 2. The summed E-state index contributed by atoms with van der Waals surface area (Å²) in [4.78, 5) is 1.15. The first-order valence-corrected chi connectivity index (χ1v) is 6.23. The van der Waals surface area contributed by atoms with Crippen LogP contribution in [-0.4, -0.2) is 10.2 Å². The Morgan fingerprint density at radius 1 is 1.19 bits per heavy atom. The van der Waals surface area contributed by atoms with Gasteiger partial charge in [-0.25, -0.2) is 0 Å². The highest BCUT2D eigenvalue weighted by atomic mass is 35.5. The van der Waals surface area contributed by atoms with Crippen LogP contribution >= 0.6 is 34.5 Å². The molecule has 0 aromatic carbocycles. The van der Waals surface area contributed by atoms with E-state index in [1.165, 1.54) is 0 Å². The van der Waals surface area contributed by atoms with E-state index in [1.807, 2.05) is 19.1 Å². The van der Waals surface area contributed by atoms with Crippen molar-refractivity contribution in [2.24, 2.45) is 0 Å². The van der Waals surface area contributed by atoms with Gasteiger partial charge in [0.05, 0.1) is 10.4 Å². The zero-order valence-corrected chi connectivity index (χ0v) is 10.8. The molecule has 0 aliphatic heterocycles. The second kappa shape index (κ2) is 4.99. The molecule has 3 nitrogen and oxygen atoms in total. The van der Waals surface area contributed by atoms with Crippen LogP contribution in [0.1, 0.15) is 17.8 Å². The Morgan fingerprint density at radius 2 is 2.00 bits per heavy atom. The summed E-state index contributed by atoms with van der Waals surface area (Å²) in [6.07, 6.45) is 0. The molecule has 0 saturated heterocycles. The minimum atomic E-state index is 0.146. The van der Waals surface area contributed by atoms with Gasteiger partial charge < -0.3 is 5.32 Å². The predicted molar refractivity (Wildman–Crippen MR) is 68.4 cm³/mol. The first-order chi connectivity index (χ1) is 7.65. The Balaban J connectivity index is 2.07. The van der Waals surface area contributed by atoms with Crippen molar-refractivity contribution < 1.29 is 0 Å². The maximum atomic E-state index is 5.87. The number of nitrogens with zero attached hydrogens (tertiary/aromatic N) is 2. The molecule has 0 bridgehead atoms. The molecule has 0 aliphatic rings. The summed E-state index contributed by atoms with van der Waals surface area (Å²) in [6.45, 7) is 2.04. The van der Waals surface area contributed by atoms with Crippen LogP contribution in [0.4, 0.5) is 5.82 Å². The Labute approximate surface area is 107 Å². The van der Waals surface area contributed by atoms with E-state index in [1.54, 1.807) is 23.5 Å². The Morgan fingerprint density at radius 3 is 2.56 bits per heavy atom. The van der Waals surface area contributed by atoms with E-state index in [0.29, 0.717) is 11.0 Å². The quantitative estimate of drug-likeness (QED) is 0.918. The fourth-order valence-electron chi connectivity index (χ4n) is 1.25. The third-order valence-electron chi connectivity index (χ3n) is 2.02. The smallest absolute Gasteiger partial charge is 0.151 e. The summed E-state index contributed by atoms with van der Waals surface area (Å²) in [6, 6.07) is 7.51. The van der Waals surface area contributed by atoms with E-state index < -0.39 is 0 Å². The number of anilines is 1. The van der Waals surface area contributed by atoms with Crippen molar-refractivity contribution in [3.8, 4) is 0 Å². The van der Waals surface area contributed by atoms with Gasteiger partial charge >= 0.3 is 0 Å². The zero-order chi connectivity index (χ0) is 11.5. The van der Waals surface area contributed by atoms with Gasteiger partial charge in [-0.1, -0.05) is 23.2 Å². The van der Waals surface area contributed by atoms with Crippen molar-refractivity contribution in [3.05, 3.63) is 38.6 Å². The van der Waals surface area contributed by atoms with E-state index in [0.717, 1.165) is 9.21 Å². The standard InChI is InChI=1S/C10H9Cl2N3S/c1-6(7-2-4-9(12)16-7)13-10-5-3-8(11)14-15-10/h2-6H,1H3,(H,13,15). The average molecular weight is 274 g/mol. The van der Waals surface area contributed by atoms with Crippen LogP contribution in [0.5, 0.6) is 0 Å². The van der Waals surface area contributed by atoms with Crippen LogP contribution in [0, 0.1) is 0 Å². The number of hydrogen-bond acceptors (Lipinski definition) is 4. The molecular formula is C10H9Cl2N3S. The summed E-state index contributed by atoms with van der Waals surface area (Å²) in [5.74, 6) is 0.696. The molecule has 1 N–H and O–H groups in total. The normalized spacial score (nSPS) is 12.4. The largest absolute Gasteiger partial charge is 0.361 e. The lowest BCUT2D eigenvalue weighted by molar-refractivity contribution is 0.879. The summed E-state index contributed by atoms with van der Waals surface area (Å²) >= 11 is 13.1. The van der Waals surface area contributed by atoms with Gasteiger partial charge in [-0.2, -0.15) is 0 Å². The molecule has 1 atom stereocenters. The topological polar surface area (TPSA) is 37.8 Å². The van der Waals surface area contributed by atoms with Gasteiger partial charge in [0.25, 0.3) is 0 Å². The molecule has 2 aromatic heterocycles. The Bertz CT molecular complexity index is 469. The molecule has 84 valence electrons. The van der Waals surface area contributed by atoms with Gasteiger partial charge in [-0.3, -0.25) is 0 Å². The highest BCUT2D eigenvalue weighted by molar-refractivity contribution is 7.16. The van der Waals surface area contributed by atoms with Crippen molar-refractivity contribution in [2.45, 2.75) is 13.0 Å². The van der Waals surface area contributed by atoms with Crippen molar-refractivity contribution in [3.63, 3.8) is 0 Å². The van der Waals surface area contributed by atoms with E-state index >= 15 is 0 Å². The Hall–Kier alpha value is -0.840. The molecule has 0 fully saturated rings. The predicted octanol–water partition coefficient (Wildman–Crippen LogP) is 4.02. The second-order valence-corrected chi connectivity index (χ2v) is 5.38. The third kappa shape index (κ3) is 2.84.